The molecule has 0 spiro atoms. The van der Waals surface area contributed by atoms with Crippen LogP contribution >= 0.6 is 11.6 Å². The molecule has 4 heteroatoms. The summed E-state index contributed by atoms with van der Waals surface area (Å²) in [5, 5.41) is -0.950. The van der Waals surface area contributed by atoms with Gasteiger partial charge in [0.25, 0.3) is 5.24 Å². The fourth-order valence-corrected chi connectivity index (χ4v) is 0.691. The Morgan fingerprint density at radius 1 is 1.18 bits per heavy atom. The van der Waals surface area contributed by atoms with Crippen molar-refractivity contribution in [2.45, 2.75) is 26.2 Å². The third kappa shape index (κ3) is 5.73. The maximum Gasteiger partial charge on any atom is 0.288 e. The first kappa shape index (κ1) is 10.3. The van der Waals surface area contributed by atoms with E-state index in [1.54, 1.807) is 0 Å². The lowest BCUT2D eigenvalue weighted by Crippen LogP contribution is -2.06. The summed E-state index contributed by atoms with van der Waals surface area (Å²) in [6, 6.07) is 0. The molecule has 0 saturated heterocycles. The van der Waals surface area contributed by atoms with Crippen LogP contribution in [0.1, 0.15) is 26.2 Å². The van der Waals surface area contributed by atoms with Crippen molar-refractivity contribution in [2.24, 2.45) is 0 Å². The van der Waals surface area contributed by atoms with Crippen molar-refractivity contribution in [3.05, 3.63) is 0 Å². The van der Waals surface area contributed by atoms with E-state index in [1.165, 1.54) is 6.92 Å². The quantitative estimate of drug-likeness (QED) is 0.465. The average Bonchev–Trinajstić information content (AvgIpc) is 1.86. The number of halogens is 1. The molecule has 0 fully saturated rings. The second-order valence-corrected chi connectivity index (χ2v) is 2.60. The number of hydrogen-bond acceptors (Lipinski definition) is 3. The van der Waals surface area contributed by atoms with Crippen molar-refractivity contribution in [3.63, 3.8) is 0 Å². The Morgan fingerprint density at radius 2 is 1.73 bits per heavy atom. The van der Waals surface area contributed by atoms with Gasteiger partial charge in [0.05, 0.1) is 0 Å². The van der Waals surface area contributed by atoms with Gasteiger partial charge in [-0.05, 0) is 24.9 Å². The molecule has 0 bridgehead atoms. The highest BCUT2D eigenvalue weighted by Gasteiger charge is 2.09. The minimum atomic E-state index is -0.950. The smallest absolute Gasteiger partial charge is 0.288 e. The van der Waals surface area contributed by atoms with E-state index >= 15 is 0 Å². The van der Waals surface area contributed by atoms with E-state index < -0.39 is 11.0 Å². The topological polar surface area (TPSA) is 51.2 Å². The first-order chi connectivity index (χ1) is 5.04. The summed E-state index contributed by atoms with van der Waals surface area (Å²) in [6.45, 7) is 1.44. The molecule has 11 heavy (non-hydrogen) atoms. The van der Waals surface area contributed by atoms with Crippen LogP contribution in [0.5, 0.6) is 0 Å². The van der Waals surface area contributed by atoms with Crippen LogP contribution < -0.4 is 0 Å². The van der Waals surface area contributed by atoms with E-state index in [-0.39, 0.29) is 12.2 Å². The summed E-state index contributed by atoms with van der Waals surface area (Å²) in [6.07, 6.45) is 0.810. The minimum absolute atomic E-state index is 0.0137. The molecule has 0 amide bonds. The second kappa shape index (κ2) is 5.02. The summed E-state index contributed by atoms with van der Waals surface area (Å²) >= 11 is 4.87. The Labute approximate surface area is 69.7 Å². The summed E-state index contributed by atoms with van der Waals surface area (Å²) in [4.78, 5) is 31.0. The third-order valence-corrected chi connectivity index (χ3v) is 1.36. The predicted molar refractivity (Wildman–Crippen MR) is 40.4 cm³/mol. The highest BCUT2D eigenvalue weighted by atomic mass is 35.5. The molecule has 3 nitrogen and oxygen atoms in total. The summed E-state index contributed by atoms with van der Waals surface area (Å²) < 4.78 is 0. The standard InChI is InChI=1S/C7H9ClO3/c1-5(9)3-2-4-6(10)7(8)11/h2-4H2,1H3. The number of ketones is 2. The lowest BCUT2D eigenvalue weighted by Gasteiger charge is -1.92. The zero-order valence-corrected chi connectivity index (χ0v) is 6.98. The van der Waals surface area contributed by atoms with E-state index in [4.69, 9.17) is 11.6 Å². The minimum Gasteiger partial charge on any atom is -0.300 e. The van der Waals surface area contributed by atoms with Gasteiger partial charge in [-0.1, -0.05) is 0 Å². The summed E-state index contributed by atoms with van der Waals surface area (Å²) in [5.41, 5.74) is 0. The van der Waals surface area contributed by atoms with Gasteiger partial charge in [-0.2, -0.15) is 0 Å². The Morgan fingerprint density at radius 3 is 2.09 bits per heavy atom. The molecule has 0 aliphatic heterocycles. The average molecular weight is 177 g/mol. The summed E-state index contributed by atoms with van der Waals surface area (Å²) in [5.74, 6) is -0.604. The Balaban J connectivity index is 3.47. The van der Waals surface area contributed by atoms with E-state index in [2.05, 4.69) is 0 Å². The predicted octanol–water partition coefficient (Wildman–Crippen LogP) is 1.08. The van der Waals surface area contributed by atoms with Crippen molar-refractivity contribution in [1.29, 1.82) is 0 Å². The fourth-order valence-electron chi connectivity index (χ4n) is 0.596. The highest BCUT2D eigenvalue weighted by Crippen LogP contribution is 1.99. The van der Waals surface area contributed by atoms with Gasteiger partial charge < -0.3 is 4.79 Å². The molecule has 0 aliphatic rings. The molecule has 0 radical (unpaired) electrons. The van der Waals surface area contributed by atoms with Crippen molar-refractivity contribution in [3.8, 4) is 0 Å². The number of carbonyl (C=O) groups excluding carboxylic acids is 3. The molecular formula is C7H9ClO3. The van der Waals surface area contributed by atoms with Crippen LogP contribution in [0, 0.1) is 0 Å². The van der Waals surface area contributed by atoms with Crippen LogP contribution in [0.15, 0.2) is 0 Å². The highest BCUT2D eigenvalue weighted by molar-refractivity contribution is 6.81. The first-order valence-electron chi connectivity index (χ1n) is 3.26. The van der Waals surface area contributed by atoms with Gasteiger partial charge in [0, 0.05) is 12.8 Å². The maximum absolute atomic E-state index is 10.5. The zero-order valence-electron chi connectivity index (χ0n) is 6.22. The van der Waals surface area contributed by atoms with Crippen LogP contribution in [-0.2, 0) is 14.4 Å². The molecule has 0 aromatic rings. The van der Waals surface area contributed by atoms with Gasteiger partial charge in [-0.15, -0.1) is 0 Å². The van der Waals surface area contributed by atoms with Crippen LogP contribution in [0.4, 0.5) is 0 Å². The normalized spacial score (nSPS) is 9.27. The molecule has 0 rings (SSSR count). The van der Waals surface area contributed by atoms with Crippen LogP contribution in [0.25, 0.3) is 0 Å². The van der Waals surface area contributed by atoms with Crippen LogP contribution in [0.2, 0.25) is 0 Å². The van der Waals surface area contributed by atoms with Crippen LogP contribution in [-0.4, -0.2) is 16.8 Å². The van der Waals surface area contributed by atoms with Crippen molar-refractivity contribution >= 4 is 28.4 Å². The van der Waals surface area contributed by atoms with Gasteiger partial charge in [-0.3, -0.25) is 9.59 Å². The third-order valence-electron chi connectivity index (χ3n) is 1.15. The molecule has 0 unspecified atom stereocenters. The molecule has 0 N–H and O–H groups in total. The van der Waals surface area contributed by atoms with Gasteiger partial charge in [0.15, 0.2) is 0 Å². The van der Waals surface area contributed by atoms with E-state index in [0.29, 0.717) is 12.8 Å². The van der Waals surface area contributed by atoms with Crippen LogP contribution in [0.3, 0.4) is 0 Å². The number of Topliss-reactive ketones (excluding diaryl/α,β-unsaturated/α-hetero) is 2. The SMILES string of the molecule is CC(=O)CCCC(=O)C(=O)Cl. The lowest BCUT2D eigenvalue weighted by molar-refractivity contribution is -0.132. The van der Waals surface area contributed by atoms with E-state index in [9.17, 15) is 14.4 Å². The van der Waals surface area contributed by atoms with Gasteiger partial charge >= 0.3 is 0 Å². The molecule has 0 aromatic heterocycles. The number of rotatable bonds is 5. The van der Waals surface area contributed by atoms with E-state index in [1.807, 2.05) is 0 Å². The maximum atomic E-state index is 10.5. The molecular weight excluding hydrogens is 168 g/mol. The molecule has 0 heterocycles. The number of carbonyl (C=O) groups is 3. The second-order valence-electron chi connectivity index (χ2n) is 2.25. The lowest BCUT2D eigenvalue weighted by atomic mass is 10.1. The van der Waals surface area contributed by atoms with Crippen molar-refractivity contribution in [2.75, 3.05) is 0 Å². The van der Waals surface area contributed by atoms with Crippen molar-refractivity contribution in [1.82, 2.24) is 0 Å². The van der Waals surface area contributed by atoms with Crippen molar-refractivity contribution < 1.29 is 14.4 Å². The largest absolute Gasteiger partial charge is 0.300 e. The van der Waals surface area contributed by atoms with Gasteiger partial charge in [-0.25, -0.2) is 0 Å². The molecule has 0 aromatic carbocycles. The molecule has 0 atom stereocenters. The molecule has 0 aliphatic carbocycles. The first-order valence-corrected chi connectivity index (χ1v) is 3.64. The Hall–Kier alpha value is -0.700. The molecule has 0 saturated carbocycles. The van der Waals surface area contributed by atoms with E-state index in [0.717, 1.165) is 0 Å². The fraction of sp³-hybridized carbons (Fsp3) is 0.571. The van der Waals surface area contributed by atoms with Gasteiger partial charge in [0.2, 0.25) is 5.78 Å². The monoisotopic (exact) mass is 176 g/mol. The Bertz CT molecular complexity index is 186. The number of hydrogen-bond donors (Lipinski definition) is 0. The zero-order chi connectivity index (χ0) is 8.85. The molecule has 62 valence electrons. The van der Waals surface area contributed by atoms with Gasteiger partial charge in [0.1, 0.15) is 5.78 Å². The Kier molecular flexibility index (Phi) is 4.70. The summed E-state index contributed by atoms with van der Waals surface area (Å²) in [7, 11) is 0.